The zero-order valence-electron chi connectivity index (χ0n) is 21.2. The molecule has 1 saturated heterocycles. The number of rotatable bonds is 5. The molecule has 0 atom stereocenters. The molecular formula is C26H25F3N6O4. The van der Waals surface area contributed by atoms with E-state index in [0.29, 0.717) is 54.2 Å². The summed E-state index contributed by atoms with van der Waals surface area (Å²) in [5, 5.41) is 0.658. The minimum absolute atomic E-state index is 0.0752. The lowest BCUT2D eigenvalue weighted by atomic mass is 9.92. The number of carbonyl (C=O) groups excluding carboxylic acids is 3. The van der Waals surface area contributed by atoms with E-state index in [1.807, 2.05) is 0 Å². The minimum Gasteiger partial charge on any atom is -0.474 e. The van der Waals surface area contributed by atoms with Gasteiger partial charge in [-0.3, -0.25) is 24.4 Å². The van der Waals surface area contributed by atoms with E-state index in [9.17, 15) is 27.6 Å². The van der Waals surface area contributed by atoms with Gasteiger partial charge >= 0.3 is 12.2 Å². The smallest absolute Gasteiger partial charge is 0.417 e. The topological polar surface area (TPSA) is 109 Å². The molecule has 0 radical (unpaired) electrons. The van der Waals surface area contributed by atoms with Crippen molar-refractivity contribution in [2.45, 2.75) is 44.0 Å². The van der Waals surface area contributed by atoms with Crippen LogP contribution in [0.3, 0.4) is 0 Å². The Hall–Kier alpha value is -4.29. The van der Waals surface area contributed by atoms with Crippen LogP contribution in [-0.4, -0.2) is 75.4 Å². The number of fused-ring (bicyclic) bond motifs is 1. The molecule has 2 aromatic heterocycles. The summed E-state index contributed by atoms with van der Waals surface area (Å²) in [5.74, 6) is -0.235. The molecule has 3 heterocycles. The van der Waals surface area contributed by atoms with E-state index in [-0.39, 0.29) is 24.2 Å². The summed E-state index contributed by atoms with van der Waals surface area (Å²) in [4.78, 5) is 53.8. The summed E-state index contributed by atoms with van der Waals surface area (Å²) < 4.78 is 45.5. The number of carbonyl (C=O) groups is 3. The van der Waals surface area contributed by atoms with Gasteiger partial charge in [0.15, 0.2) is 0 Å². The van der Waals surface area contributed by atoms with Crippen LogP contribution >= 0.6 is 0 Å². The minimum atomic E-state index is -4.62. The van der Waals surface area contributed by atoms with Gasteiger partial charge < -0.3 is 9.64 Å². The molecule has 1 aliphatic carbocycles. The first-order valence-corrected chi connectivity index (χ1v) is 12.3. The highest BCUT2D eigenvalue weighted by molar-refractivity contribution is 6.12. The van der Waals surface area contributed by atoms with Crippen LogP contribution in [0.4, 0.5) is 23.7 Å². The predicted molar refractivity (Wildman–Crippen MR) is 133 cm³/mol. The molecule has 0 unspecified atom stereocenters. The number of anilines is 1. The number of halogens is 3. The fraction of sp³-hybridized carbons (Fsp3) is 0.385. The van der Waals surface area contributed by atoms with Gasteiger partial charge in [-0.15, -0.1) is 0 Å². The summed E-state index contributed by atoms with van der Waals surface area (Å²) >= 11 is 0. The van der Waals surface area contributed by atoms with Crippen molar-refractivity contribution < 1.29 is 32.3 Å². The number of hydrogen-bond donors (Lipinski definition) is 0. The highest BCUT2D eigenvalue weighted by Crippen LogP contribution is 2.34. The average molecular weight is 543 g/mol. The summed E-state index contributed by atoms with van der Waals surface area (Å²) in [6, 6.07) is 4.88. The zero-order chi connectivity index (χ0) is 27.9. The molecule has 1 saturated carbocycles. The number of urea groups is 1. The fourth-order valence-corrected chi connectivity index (χ4v) is 4.90. The fourth-order valence-electron chi connectivity index (χ4n) is 4.90. The van der Waals surface area contributed by atoms with Crippen molar-refractivity contribution in [1.29, 1.82) is 0 Å². The van der Waals surface area contributed by atoms with Crippen molar-refractivity contribution in [1.82, 2.24) is 24.8 Å². The lowest BCUT2D eigenvalue weighted by molar-refractivity contribution is -0.137. The molecule has 0 bridgehead atoms. The van der Waals surface area contributed by atoms with Gasteiger partial charge in [0.05, 0.1) is 28.4 Å². The van der Waals surface area contributed by atoms with Gasteiger partial charge in [-0.05, 0) is 49.9 Å². The molecule has 10 nitrogen and oxygen atoms in total. The largest absolute Gasteiger partial charge is 0.474 e. The first-order valence-electron chi connectivity index (χ1n) is 12.3. The second-order valence-corrected chi connectivity index (χ2v) is 9.72. The molecule has 0 spiro atoms. The van der Waals surface area contributed by atoms with Crippen molar-refractivity contribution in [2.75, 3.05) is 25.5 Å². The molecule has 13 heteroatoms. The van der Waals surface area contributed by atoms with E-state index in [1.165, 1.54) is 11.2 Å². The molecule has 204 valence electrons. The third-order valence-corrected chi connectivity index (χ3v) is 6.90. The van der Waals surface area contributed by atoms with Gasteiger partial charge in [-0.2, -0.15) is 13.2 Å². The van der Waals surface area contributed by atoms with Gasteiger partial charge in [-0.25, -0.2) is 14.8 Å². The number of aromatic nitrogens is 3. The summed E-state index contributed by atoms with van der Waals surface area (Å²) in [6.45, 7) is -0.344. The molecule has 3 aromatic rings. The standard InChI is InChI=1S/C26H25F3N6O4/c1-33(2)24(37)15-3-8-20-21(9-15)31-14-32-23(20)39-19-6-4-17(5-7-19)35-22(36)13-34(25(35)38)18-10-16(11-30-12-18)26(27,28)29/h3,8-12,14,17,19H,4-7,13H2,1-2H3. The molecule has 5 rings (SSSR count). The quantitative estimate of drug-likeness (QED) is 0.450. The van der Waals surface area contributed by atoms with E-state index < -0.39 is 29.7 Å². The second kappa shape index (κ2) is 10.1. The molecule has 4 amide bonds. The molecule has 1 aromatic carbocycles. The Morgan fingerprint density at radius 2 is 1.79 bits per heavy atom. The third kappa shape index (κ3) is 5.20. The molecule has 2 aliphatic rings. The zero-order valence-corrected chi connectivity index (χ0v) is 21.2. The number of pyridine rings is 1. The van der Waals surface area contributed by atoms with Gasteiger partial charge in [0.1, 0.15) is 19.0 Å². The Balaban J connectivity index is 1.25. The maximum absolute atomic E-state index is 13.1. The Morgan fingerprint density at radius 3 is 2.49 bits per heavy atom. The van der Waals surface area contributed by atoms with Gasteiger partial charge in [0.2, 0.25) is 5.88 Å². The predicted octanol–water partition coefficient (Wildman–Crippen LogP) is 3.90. The van der Waals surface area contributed by atoms with Crippen molar-refractivity contribution >= 4 is 34.4 Å². The van der Waals surface area contributed by atoms with E-state index in [0.717, 1.165) is 22.1 Å². The maximum atomic E-state index is 13.1. The van der Waals surface area contributed by atoms with Crippen LogP contribution in [0, 0.1) is 0 Å². The van der Waals surface area contributed by atoms with E-state index in [4.69, 9.17) is 4.74 Å². The van der Waals surface area contributed by atoms with Crippen molar-refractivity contribution in [3.05, 3.63) is 54.1 Å². The molecule has 39 heavy (non-hydrogen) atoms. The Morgan fingerprint density at radius 1 is 1.05 bits per heavy atom. The third-order valence-electron chi connectivity index (χ3n) is 6.90. The first kappa shape index (κ1) is 26.3. The van der Waals surface area contributed by atoms with Crippen LogP contribution in [0.15, 0.2) is 43.0 Å². The van der Waals surface area contributed by atoms with Crippen LogP contribution in [-0.2, 0) is 11.0 Å². The monoisotopic (exact) mass is 542 g/mol. The average Bonchev–Trinajstić information content (AvgIpc) is 3.21. The summed E-state index contributed by atoms with van der Waals surface area (Å²) in [5.41, 5.74) is -0.00530. The number of nitrogens with zero attached hydrogens (tertiary/aromatic N) is 6. The first-order chi connectivity index (χ1) is 18.5. The van der Waals surface area contributed by atoms with Crippen molar-refractivity contribution in [3.63, 3.8) is 0 Å². The number of ether oxygens (including phenoxy) is 1. The normalized spacial score (nSPS) is 20.0. The molecular weight excluding hydrogens is 517 g/mol. The SMILES string of the molecule is CN(C)C(=O)c1ccc2c(OC3CCC(N4C(=O)CN(c5cncc(C(F)(F)F)c5)C4=O)CC3)ncnc2c1. The lowest BCUT2D eigenvalue weighted by Gasteiger charge is -2.33. The molecule has 2 fully saturated rings. The number of imide groups is 1. The van der Waals surface area contributed by atoms with E-state index in [2.05, 4.69) is 15.0 Å². The van der Waals surface area contributed by atoms with Gasteiger partial charge in [-0.1, -0.05) is 0 Å². The summed E-state index contributed by atoms with van der Waals surface area (Å²) in [7, 11) is 3.33. The summed E-state index contributed by atoms with van der Waals surface area (Å²) in [6.07, 6.45) is 0.363. The van der Waals surface area contributed by atoms with Crippen LogP contribution in [0.5, 0.6) is 5.88 Å². The second-order valence-electron chi connectivity index (χ2n) is 9.72. The molecule has 0 N–H and O–H groups in total. The van der Waals surface area contributed by atoms with Crippen LogP contribution < -0.4 is 9.64 Å². The number of amides is 4. The maximum Gasteiger partial charge on any atom is 0.417 e. The van der Waals surface area contributed by atoms with E-state index in [1.54, 1.807) is 32.3 Å². The Bertz CT molecular complexity index is 1440. The Labute approximate surface area is 221 Å². The number of hydrogen-bond acceptors (Lipinski definition) is 7. The highest BCUT2D eigenvalue weighted by Gasteiger charge is 2.43. The number of benzene rings is 1. The van der Waals surface area contributed by atoms with Crippen LogP contribution in [0.25, 0.3) is 10.9 Å². The van der Waals surface area contributed by atoms with E-state index >= 15 is 0 Å². The Kier molecular flexibility index (Phi) is 6.83. The van der Waals surface area contributed by atoms with Crippen LogP contribution in [0.1, 0.15) is 41.6 Å². The molecule has 1 aliphatic heterocycles. The van der Waals surface area contributed by atoms with Gasteiger partial charge in [0, 0.05) is 31.9 Å². The van der Waals surface area contributed by atoms with Gasteiger partial charge in [0.25, 0.3) is 11.8 Å². The highest BCUT2D eigenvalue weighted by atomic mass is 19.4. The lowest BCUT2D eigenvalue weighted by Crippen LogP contribution is -2.44. The van der Waals surface area contributed by atoms with Crippen molar-refractivity contribution in [2.24, 2.45) is 0 Å². The van der Waals surface area contributed by atoms with Crippen LogP contribution in [0.2, 0.25) is 0 Å². The van der Waals surface area contributed by atoms with Crippen molar-refractivity contribution in [3.8, 4) is 5.88 Å². The number of alkyl halides is 3.